The van der Waals surface area contributed by atoms with Crippen molar-refractivity contribution in [2.45, 2.75) is 5.92 Å². The summed E-state index contributed by atoms with van der Waals surface area (Å²) in [6.07, 6.45) is 0. The number of hydrogen-bond acceptors (Lipinski definition) is 7. The average molecular weight is 453 g/mol. The maximum absolute atomic E-state index is 9.80. The van der Waals surface area contributed by atoms with Crippen molar-refractivity contribution < 1.29 is 14.2 Å². The Morgan fingerprint density at radius 3 is 2.59 bits per heavy atom. The number of halogens is 1. The number of rotatable bonds is 3. The number of benzene rings is 2. The normalized spacial score (nSPS) is 15.4. The molecule has 2 aromatic carbocycles. The van der Waals surface area contributed by atoms with E-state index in [1.807, 2.05) is 30.3 Å². The van der Waals surface area contributed by atoms with Gasteiger partial charge in [-0.25, -0.2) is 4.98 Å². The predicted octanol–water partition coefficient (Wildman–Crippen LogP) is 3.81. The highest BCUT2D eigenvalue weighted by atomic mass is 79.9. The number of allylic oxidation sites excluding steroid dienone is 1. The number of hydrogen-bond donors (Lipinski definition) is 2. The van der Waals surface area contributed by atoms with Crippen molar-refractivity contribution in [2.24, 2.45) is 5.73 Å². The number of pyridine rings is 1. The third-order valence-electron chi connectivity index (χ3n) is 4.85. The Bertz CT molecular complexity index is 1220. The van der Waals surface area contributed by atoms with E-state index in [9.17, 15) is 5.26 Å². The first-order valence-electron chi connectivity index (χ1n) is 8.66. The van der Waals surface area contributed by atoms with Crippen molar-refractivity contribution in [3.63, 3.8) is 0 Å². The summed E-state index contributed by atoms with van der Waals surface area (Å²) in [6.45, 7) is 0. The molecule has 0 unspecified atom stereocenters. The number of nitrogens with two attached hydrogens (primary N) is 2. The van der Waals surface area contributed by atoms with Crippen LogP contribution in [-0.2, 0) is 0 Å². The van der Waals surface area contributed by atoms with Crippen LogP contribution in [0.3, 0.4) is 0 Å². The molecule has 8 heteroatoms. The summed E-state index contributed by atoms with van der Waals surface area (Å²) in [7, 11) is 3.12. The van der Waals surface area contributed by atoms with Gasteiger partial charge >= 0.3 is 0 Å². The van der Waals surface area contributed by atoms with Gasteiger partial charge in [-0.2, -0.15) is 5.26 Å². The molecule has 0 saturated carbocycles. The monoisotopic (exact) mass is 452 g/mol. The van der Waals surface area contributed by atoms with E-state index < -0.39 is 5.92 Å². The van der Waals surface area contributed by atoms with Crippen LogP contribution in [0.25, 0.3) is 10.9 Å². The van der Waals surface area contributed by atoms with E-state index >= 15 is 0 Å². The second-order valence-electron chi connectivity index (χ2n) is 6.45. The van der Waals surface area contributed by atoms with Crippen LogP contribution in [-0.4, -0.2) is 19.2 Å². The fraction of sp³-hybridized carbons (Fsp3) is 0.143. The highest BCUT2D eigenvalue weighted by Gasteiger charge is 2.33. The maximum Gasteiger partial charge on any atom is 0.205 e. The van der Waals surface area contributed by atoms with E-state index in [2.05, 4.69) is 27.0 Å². The zero-order valence-corrected chi connectivity index (χ0v) is 17.3. The van der Waals surface area contributed by atoms with Crippen LogP contribution in [0.5, 0.6) is 17.2 Å². The van der Waals surface area contributed by atoms with Crippen molar-refractivity contribution in [2.75, 3.05) is 20.0 Å². The molecule has 146 valence electrons. The van der Waals surface area contributed by atoms with Crippen LogP contribution in [0.4, 0.5) is 5.82 Å². The lowest BCUT2D eigenvalue weighted by Crippen LogP contribution is -2.21. The van der Waals surface area contributed by atoms with Gasteiger partial charge in [-0.1, -0.05) is 12.1 Å². The molecule has 1 aliphatic heterocycles. The lowest BCUT2D eigenvalue weighted by molar-refractivity contribution is 0.352. The SMILES string of the molecule is COc1cc([C@@H]2C(C#N)=C(N)Oc3c2ccc2ccc(N)nc32)cc(Br)c1OC. The van der Waals surface area contributed by atoms with Gasteiger partial charge in [0, 0.05) is 10.9 Å². The van der Waals surface area contributed by atoms with Crippen LogP contribution in [0, 0.1) is 11.3 Å². The van der Waals surface area contributed by atoms with Gasteiger partial charge in [0.25, 0.3) is 0 Å². The van der Waals surface area contributed by atoms with Gasteiger partial charge in [-0.05, 0) is 45.8 Å². The first kappa shape index (κ1) is 18.9. The Morgan fingerprint density at radius 1 is 1.14 bits per heavy atom. The number of nitrogens with zero attached hydrogens (tertiary/aromatic N) is 2. The van der Waals surface area contributed by atoms with Gasteiger partial charge < -0.3 is 25.7 Å². The number of anilines is 1. The van der Waals surface area contributed by atoms with E-state index in [0.29, 0.717) is 38.6 Å². The minimum Gasteiger partial charge on any atom is -0.493 e. The van der Waals surface area contributed by atoms with Crippen molar-refractivity contribution in [3.05, 3.63) is 63.5 Å². The fourth-order valence-corrected chi connectivity index (χ4v) is 4.18. The molecule has 0 bridgehead atoms. The zero-order chi connectivity index (χ0) is 20.7. The van der Waals surface area contributed by atoms with Gasteiger partial charge in [0.15, 0.2) is 17.2 Å². The quantitative estimate of drug-likeness (QED) is 0.619. The topological polar surface area (TPSA) is 116 Å². The van der Waals surface area contributed by atoms with Gasteiger partial charge in [-0.15, -0.1) is 0 Å². The second kappa shape index (κ2) is 7.18. The van der Waals surface area contributed by atoms with Gasteiger partial charge in [-0.3, -0.25) is 0 Å². The van der Waals surface area contributed by atoms with Crippen LogP contribution in [0.1, 0.15) is 17.0 Å². The summed E-state index contributed by atoms with van der Waals surface area (Å²) < 4.78 is 17.4. The third kappa shape index (κ3) is 3.00. The molecule has 0 amide bonds. The molecular formula is C21H17BrN4O3. The fourth-order valence-electron chi connectivity index (χ4n) is 3.56. The molecule has 29 heavy (non-hydrogen) atoms. The number of fused-ring (bicyclic) bond motifs is 3. The Labute approximate surface area is 175 Å². The molecule has 2 heterocycles. The van der Waals surface area contributed by atoms with Crippen LogP contribution < -0.4 is 25.7 Å². The minimum absolute atomic E-state index is 0.0348. The van der Waals surface area contributed by atoms with E-state index in [0.717, 1.165) is 16.5 Å². The highest BCUT2D eigenvalue weighted by molar-refractivity contribution is 9.10. The summed E-state index contributed by atoms with van der Waals surface area (Å²) in [5.41, 5.74) is 14.5. The largest absolute Gasteiger partial charge is 0.493 e. The maximum atomic E-state index is 9.80. The van der Waals surface area contributed by atoms with Gasteiger partial charge in [0.2, 0.25) is 5.88 Å². The molecule has 4 rings (SSSR count). The first-order valence-corrected chi connectivity index (χ1v) is 9.46. The molecule has 1 aromatic heterocycles. The zero-order valence-electron chi connectivity index (χ0n) is 15.7. The molecule has 1 atom stereocenters. The Morgan fingerprint density at radius 2 is 1.90 bits per heavy atom. The molecule has 0 saturated heterocycles. The molecule has 0 spiro atoms. The number of nitrogen functional groups attached to an aromatic ring is 1. The summed E-state index contributed by atoms with van der Waals surface area (Å²) in [5, 5.41) is 10.7. The van der Waals surface area contributed by atoms with Crippen LogP contribution >= 0.6 is 15.9 Å². The van der Waals surface area contributed by atoms with Crippen molar-refractivity contribution in [1.29, 1.82) is 5.26 Å². The van der Waals surface area contributed by atoms with Gasteiger partial charge in [0.05, 0.1) is 24.6 Å². The third-order valence-corrected chi connectivity index (χ3v) is 5.44. The van der Waals surface area contributed by atoms with Gasteiger partial charge in [0.1, 0.15) is 23.0 Å². The van der Waals surface area contributed by atoms with E-state index in [-0.39, 0.29) is 5.88 Å². The Kier molecular flexibility index (Phi) is 4.68. The smallest absolute Gasteiger partial charge is 0.205 e. The number of aromatic nitrogens is 1. The molecule has 4 N–H and O–H groups in total. The van der Waals surface area contributed by atoms with E-state index in [1.54, 1.807) is 20.3 Å². The highest BCUT2D eigenvalue weighted by Crippen LogP contribution is 2.47. The lowest BCUT2D eigenvalue weighted by Gasteiger charge is -2.27. The van der Waals surface area contributed by atoms with Crippen LogP contribution in [0.2, 0.25) is 0 Å². The Hall–Kier alpha value is -3.44. The van der Waals surface area contributed by atoms with Crippen LogP contribution in [0.15, 0.2) is 52.3 Å². The lowest BCUT2D eigenvalue weighted by atomic mass is 9.83. The van der Waals surface area contributed by atoms with Crippen molar-refractivity contribution in [1.82, 2.24) is 4.98 Å². The Balaban J connectivity index is 2.01. The standard InChI is InChI=1S/C21H17BrN4O3/c1-27-15-8-11(7-14(22)20(15)28-2)17-12-5-3-10-4-6-16(24)26-18(10)19(12)29-21(25)13(17)9-23/h3-8,17H,25H2,1-2H3,(H2,24,26)/t17-/m0/s1. The van der Waals surface area contributed by atoms with E-state index in [4.69, 9.17) is 25.7 Å². The predicted molar refractivity (Wildman–Crippen MR) is 113 cm³/mol. The summed E-state index contributed by atoms with van der Waals surface area (Å²) in [6, 6.07) is 13.3. The summed E-state index contributed by atoms with van der Waals surface area (Å²) in [5.74, 6) is 1.52. The molecule has 0 fully saturated rings. The molecule has 0 radical (unpaired) electrons. The summed E-state index contributed by atoms with van der Waals surface area (Å²) in [4.78, 5) is 4.42. The molecular weight excluding hydrogens is 436 g/mol. The average Bonchev–Trinajstić information content (AvgIpc) is 2.72. The molecule has 1 aliphatic rings. The first-order chi connectivity index (χ1) is 14.0. The van der Waals surface area contributed by atoms with Crippen molar-refractivity contribution in [3.8, 4) is 23.3 Å². The number of nitriles is 1. The molecule has 0 aliphatic carbocycles. The minimum atomic E-state index is -0.465. The van der Waals surface area contributed by atoms with Crippen molar-refractivity contribution >= 4 is 32.7 Å². The number of methoxy groups -OCH3 is 2. The molecule has 3 aromatic rings. The summed E-state index contributed by atoms with van der Waals surface area (Å²) >= 11 is 3.52. The number of ether oxygens (including phenoxy) is 3. The van der Waals surface area contributed by atoms with E-state index in [1.165, 1.54) is 0 Å². The molecule has 7 nitrogen and oxygen atoms in total. The second-order valence-corrected chi connectivity index (χ2v) is 7.31.